The van der Waals surface area contributed by atoms with Crippen molar-refractivity contribution in [1.29, 1.82) is 0 Å². The quantitative estimate of drug-likeness (QED) is 0.796. The first-order valence-electron chi connectivity index (χ1n) is 4.62. The fourth-order valence-corrected chi connectivity index (χ4v) is 1.03. The van der Waals surface area contributed by atoms with Gasteiger partial charge >= 0.3 is 6.36 Å². The summed E-state index contributed by atoms with van der Waals surface area (Å²) in [5.41, 5.74) is 0.902. The largest absolute Gasteiger partial charge is 0.522 e. The number of rotatable bonds is 5. The molecule has 1 aromatic carbocycles. The first-order chi connectivity index (χ1) is 7.51. The predicted molar refractivity (Wildman–Crippen MR) is 53.5 cm³/mol. The number of hydrogen-bond acceptors (Lipinski definition) is 3. The maximum atomic E-state index is 11.6. The Bertz CT molecular complexity index is 311. The van der Waals surface area contributed by atoms with Gasteiger partial charge in [-0.25, -0.2) is 0 Å². The third-order valence-corrected chi connectivity index (χ3v) is 1.76. The van der Waals surface area contributed by atoms with Crippen molar-refractivity contribution in [3.05, 3.63) is 24.3 Å². The molecule has 0 bridgehead atoms. The lowest BCUT2D eigenvalue weighted by molar-refractivity contribution is -0.325. The highest BCUT2D eigenvalue weighted by atomic mass is 19.4. The van der Waals surface area contributed by atoms with E-state index >= 15 is 0 Å². The average Bonchev–Trinajstić information content (AvgIpc) is 2.24. The van der Waals surface area contributed by atoms with Gasteiger partial charge in [0.25, 0.3) is 0 Å². The lowest BCUT2D eigenvalue weighted by atomic mass is 10.3. The Morgan fingerprint density at radius 1 is 1.12 bits per heavy atom. The van der Waals surface area contributed by atoms with Gasteiger partial charge in [-0.15, -0.1) is 13.2 Å². The van der Waals surface area contributed by atoms with Crippen LogP contribution in [-0.4, -0.2) is 26.6 Å². The number of halogens is 3. The summed E-state index contributed by atoms with van der Waals surface area (Å²) < 4.78 is 43.4. The normalized spacial score (nSPS) is 11.2. The zero-order valence-electron chi connectivity index (χ0n) is 8.67. The minimum absolute atomic E-state index is 0.140. The molecule has 0 fully saturated rings. The van der Waals surface area contributed by atoms with Gasteiger partial charge in [0.05, 0.1) is 6.61 Å². The molecule has 0 radical (unpaired) electrons. The van der Waals surface area contributed by atoms with Crippen molar-refractivity contribution in [3.63, 3.8) is 0 Å². The summed E-state index contributed by atoms with van der Waals surface area (Å²) >= 11 is 0. The Morgan fingerprint density at radius 3 is 2.25 bits per heavy atom. The van der Waals surface area contributed by atoms with Crippen LogP contribution in [0, 0.1) is 0 Å². The molecule has 0 aliphatic heterocycles. The van der Waals surface area contributed by atoms with Crippen LogP contribution in [0.4, 0.5) is 18.9 Å². The summed E-state index contributed by atoms with van der Waals surface area (Å²) in [6.07, 6.45) is -4.60. The van der Waals surface area contributed by atoms with Crippen LogP contribution >= 0.6 is 0 Å². The summed E-state index contributed by atoms with van der Waals surface area (Å²) in [6.45, 7) is -0.657. The van der Waals surface area contributed by atoms with Crippen molar-refractivity contribution < 1.29 is 22.6 Å². The second kappa shape index (κ2) is 5.60. The highest BCUT2D eigenvalue weighted by Crippen LogP contribution is 2.17. The van der Waals surface area contributed by atoms with Crippen molar-refractivity contribution in [1.82, 2.24) is 0 Å². The van der Waals surface area contributed by atoms with Gasteiger partial charge < -0.3 is 10.1 Å². The molecule has 0 aliphatic carbocycles. The van der Waals surface area contributed by atoms with Crippen LogP contribution in [0.25, 0.3) is 0 Å². The zero-order valence-corrected chi connectivity index (χ0v) is 8.67. The molecule has 1 aromatic rings. The highest BCUT2D eigenvalue weighted by Gasteiger charge is 2.28. The average molecular weight is 235 g/mol. The van der Waals surface area contributed by atoms with Crippen molar-refractivity contribution in [3.8, 4) is 5.75 Å². The molecule has 0 saturated carbocycles. The monoisotopic (exact) mass is 235 g/mol. The molecule has 0 spiro atoms. The molecule has 0 unspecified atom stereocenters. The molecule has 6 heteroatoms. The molecular weight excluding hydrogens is 223 g/mol. The molecule has 0 atom stereocenters. The Balaban J connectivity index is 2.27. The molecule has 0 saturated heterocycles. The number of anilines is 1. The fourth-order valence-electron chi connectivity index (χ4n) is 1.03. The molecule has 0 aromatic heterocycles. The first kappa shape index (κ1) is 12.6. The molecular formula is C10H12F3NO2. The topological polar surface area (TPSA) is 30.5 Å². The zero-order chi connectivity index (χ0) is 12.0. The number of alkyl halides is 3. The smallest absolute Gasteiger partial charge is 0.491 e. The number of nitrogens with one attached hydrogen (secondary N) is 1. The lowest BCUT2D eigenvalue weighted by Gasteiger charge is -2.09. The molecule has 0 aliphatic rings. The van der Waals surface area contributed by atoms with E-state index in [1.165, 1.54) is 0 Å². The van der Waals surface area contributed by atoms with E-state index in [2.05, 4.69) is 10.1 Å². The summed E-state index contributed by atoms with van der Waals surface area (Å²) in [7, 11) is 1.77. The van der Waals surface area contributed by atoms with E-state index in [9.17, 15) is 13.2 Å². The van der Waals surface area contributed by atoms with Crippen LogP contribution in [0.1, 0.15) is 0 Å². The van der Waals surface area contributed by atoms with Gasteiger partial charge in [0.2, 0.25) is 0 Å². The highest BCUT2D eigenvalue weighted by molar-refractivity contribution is 5.45. The third kappa shape index (κ3) is 4.88. The summed E-state index contributed by atoms with van der Waals surface area (Å²) in [5.74, 6) is 0.504. The van der Waals surface area contributed by atoms with Crippen molar-refractivity contribution in [2.45, 2.75) is 6.36 Å². The molecule has 0 heterocycles. The van der Waals surface area contributed by atoms with E-state index in [1.54, 1.807) is 31.3 Å². The minimum Gasteiger partial charge on any atom is -0.491 e. The lowest BCUT2D eigenvalue weighted by Crippen LogP contribution is -2.18. The van der Waals surface area contributed by atoms with Crippen LogP contribution in [0.15, 0.2) is 24.3 Å². The summed E-state index contributed by atoms with van der Waals surface area (Å²) in [4.78, 5) is 0. The maximum absolute atomic E-state index is 11.6. The van der Waals surface area contributed by atoms with Crippen LogP contribution in [0.2, 0.25) is 0 Å². The predicted octanol–water partition coefficient (Wildman–Crippen LogP) is 2.64. The van der Waals surface area contributed by atoms with Gasteiger partial charge in [-0.05, 0) is 24.3 Å². The second-order valence-electron chi connectivity index (χ2n) is 2.92. The van der Waals surface area contributed by atoms with Crippen LogP contribution in [0.3, 0.4) is 0 Å². The SMILES string of the molecule is CNc1ccc(OCCOC(F)(F)F)cc1. The number of benzene rings is 1. The third-order valence-electron chi connectivity index (χ3n) is 1.76. The van der Waals surface area contributed by atoms with E-state index in [0.717, 1.165) is 5.69 Å². The van der Waals surface area contributed by atoms with Gasteiger partial charge in [-0.3, -0.25) is 4.74 Å². The van der Waals surface area contributed by atoms with Gasteiger partial charge in [-0.2, -0.15) is 0 Å². The van der Waals surface area contributed by atoms with Gasteiger partial charge in [-0.1, -0.05) is 0 Å². The summed E-state index contributed by atoms with van der Waals surface area (Å²) in [5, 5.41) is 2.91. The van der Waals surface area contributed by atoms with E-state index in [0.29, 0.717) is 5.75 Å². The van der Waals surface area contributed by atoms with E-state index < -0.39 is 13.0 Å². The van der Waals surface area contributed by atoms with Crippen LogP contribution in [0.5, 0.6) is 5.75 Å². The molecule has 0 amide bonds. The number of ether oxygens (including phenoxy) is 2. The molecule has 1 rings (SSSR count). The standard InChI is InChI=1S/C10H12F3NO2/c1-14-8-2-4-9(5-3-8)15-6-7-16-10(11,12)13/h2-5,14H,6-7H2,1H3. The van der Waals surface area contributed by atoms with Crippen molar-refractivity contribution in [2.24, 2.45) is 0 Å². The van der Waals surface area contributed by atoms with Crippen molar-refractivity contribution in [2.75, 3.05) is 25.6 Å². The molecule has 90 valence electrons. The Morgan fingerprint density at radius 2 is 1.75 bits per heavy atom. The second-order valence-corrected chi connectivity index (χ2v) is 2.92. The Labute approximate surface area is 91.2 Å². The Kier molecular flexibility index (Phi) is 4.42. The fraction of sp³-hybridized carbons (Fsp3) is 0.400. The van der Waals surface area contributed by atoms with Gasteiger partial charge in [0, 0.05) is 12.7 Å². The molecule has 3 nitrogen and oxygen atoms in total. The van der Waals surface area contributed by atoms with Gasteiger partial charge in [0.15, 0.2) is 0 Å². The number of hydrogen-bond donors (Lipinski definition) is 1. The van der Waals surface area contributed by atoms with E-state index in [1.807, 2.05) is 0 Å². The maximum Gasteiger partial charge on any atom is 0.522 e. The van der Waals surface area contributed by atoms with E-state index in [4.69, 9.17) is 4.74 Å². The van der Waals surface area contributed by atoms with Crippen LogP contribution < -0.4 is 10.1 Å². The van der Waals surface area contributed by atoms with Crippen molar-refractivity contribution >= 4 is 5.69 Å². The molecule has 1 N–H and O–H groups in total. The Hall–Kier alpha value is -1.43. The molecule has 16 heavy (non-hydrogen) atoms. The summed E-state index contributed by atoms with van der Waals surface area (Å²) in [6, 6.07) is 6.86. The first-order valence-corrected chi connectivity index (χ1v) is 4.62. The minimum atomic E-state index is -4.60. The van der Waals surface area contributed by atoms with Crippen LogP contribution in [-0.2, 0) is 4.74 Å². The van der Waals surface area contributed by atoms with Gasteiger partial charge in [0.1, 0.15) is 12.4 Å². The van der Waals surface area contributed by atoms with E-state index in [-0.39, 0.29) is 6.61 Å².